The van der Waals surface area contributed by atoms with Gasteiger partial charge in [0.25, 0.3) is 5.91 Å². The lowest BCUT2D eigenvalue weighted by Gasteiger charge is -2.34. The number of unbranched alkanes of at least 4 members (excludes halogenated alkanes) is 4. The van der Waals surface area contributed by atoms with E-state index in [1.54, 1.807) is 52.0 Å². The first kappa shape index (κ1) is 33.0. The number of hydrogen-bond acceptors (Lipinski definition) is 6. The zero-order valence-corrected chi connectivity index (χ0v) is 25.5. The molecular weight excluding hydrogens is 526 g/mol. The number of anilines is 1. The van der Waals surface area contributed by atoms with Gasteiger partial charge in [-0.2, -0.15) is 12.6 Å². The lowest BCUT2D eigenvalue weighted by Crippen LogP contribution is -2.53. The van der Waals surface area contributed by atoms with E-state index >= 15 is 0 Å². The molecule has 2 aromatic rings. The minimum Gasteiger partial charge on any atom is -0.507 e. The second kappa shape index (κ2) is 15.6. The van der Waals surface area contributed by atoms with Crippen LogP contribution < -0.4 is 10.6 Å². The van der Waals surface area contributed by atoms with Crippen LogP contribution in [-0.2, 0) is 14.3 Å². The molecule has 0 fully saturated rings. The predicted molar refractivity (Wildman–Crippen MR) is 163 cm³/mol. The first-order valence-electron chi connectivity index (χ1n) is 13.9. The Labute approximate surface area is 244 Å². The molecule has 0 aliphatic heterocycles. The fraction of sp³-hybridized carbons (Fsp3) is 0.516. The minimum absolute atomic E-state index is 0.00363. The number of rotatable bonds is 13. The van der Waals surface area contributed by atoms with Gasteiger partial charge >= 0.3 is 6.09 Å². The average molecular weight is 572 g/mol. The summed E-state index contributed by atoms with van der Waals surface area (Å²) in [6.07, 6.45) is 3.92. The predicted octanol–water partition coefficient (Wildman–Crippen LogP) is 6.31. The number of aryl methyl sites for hydroxylation is 2. The van der Waals surface area contributed by atoms with Crippen LogP contribution in [0.4, 0.5) is 10.5 Å². The van der Waals surface area contributed by atoms with Crippen molar-refractivity contribution in [1.82, 2.24) is 10.2 Å². The molecule has 2 aromatic carbocycles. The second-order valence-electron chi connectivity index (χ2n) is 11.0. The lowest BCUT2D eigenvalue weighted by atomic mass is 9.98. The maximum absolute atomic E-state index is 14.1. The molecule has 0 aliphatic carbocycles. The number of nitrogens with zero attached hydrogens (tertiary/aromatic N) is 1. The lowest BCUT2D eigenvalue weighted by molar-refractivity contribution is -0.140. The van der Waals surface area contributed by atoms with E-state index in [1.807, 2.05) is 25.1 Å². The van der Waals surface area contributed by atoms with Crippen LogP contribution in [-0.4, -0.2) is 51.9 Å². The van der Waals surface area contributed by atoms with E-state index in [1.165, 1.54) is 4.90 Å². The number of thiol groups is 1. The highest BCUT2D eigenvalue weighted by Crippen LogP contribution is 2.33. The molecule has 2 rings (SSSR count). The number of nitrogens with one attached hydrogen (secondary N) is 2. The van der Waals surface area contributed by atoms with Gasteiger partial charge in [-0.3, -0.25) is 9.59 Å². The van der Waals surface area contributed by atoms with E-state index in [2.05, 4.69) is 30.2 Å². The van der Waals surface area contributed by atoms with E-state index in [0.29, 0.717) is 23.2 Å². The van der Waals surface area contributed by atoms with Crippen molar-refractivity contribution in [2.75, 3.05) is 17.6 Å². The molecule has 3 N–H and O–H groups in total. The zero-order valence-electron chi connectivity index (χ0n) is 24.6. The van der Waals surface area contributed by atoms with Gasteiger partial charge in [-0.15, -0.1) is 0 Å². The Morgan fingerprint density at radius 1 is 0.975 bits per heavy atom. The van der Waals surface area contributed by atoms with Crippen molar-refractivity contribution in [3.63, 3.8) is 0 Å². The van der Waals surface area contributed by atoms with E-state index < -0.39 is 35.6 Å². The molecule has 40 heavy (non-hydrogen) atoms. The van der Waals surface area contributed by atoms with Crippen molar-refractivity contribution >= 4 is 36.2 Å². The average Bonchev–Trinajstić information content (AvgIpc) is 2.88. The summed E-state index contributed by atoms with van der Waals surface area (Å²) in [6.45, 7) is 11.2. The number of carbonyl (C=O) groups excluding carboxylic acids is 3. The third-order valence-corrected chi connectivity index (χ3v) is 6.85. The smallest absolute Gasteiger partial charge is 0.408 e. The Balaban J connectivity index is 2.53. The van der Waals surface area contributed by atoms with Gasteiger partial charge in [0, 0.05) is 23.5 Å². The molecule has 3 amide bonds. The van der Waals surface area contributed by atoms with Crippen LogP contribution in [0.2, 0.25) is 0 Å². The molecule has 0 heterocycles. The minimum atomic E-state index is -1.15. The van der Waals surface area contributed by atoms with E-state index in [4.69, 9.17) is 4.74 Å². The summed E-state index contributed by atoms with van der Waals surface area (Å²) in [4.78, 5) is 42.1. The highest BCUT2D eigenvalue weighted by molar-refractivity contribution is 7.80. The van der Waals surface area contributed by atoms with Crippen molar-refractivity contribution in [3.8, 4) is 5.75 Å². The zero-order chi connectivity index (χ0) is 29.9. The Hall–Kier alpha value is -3.20. The number of carbonyl (C=O) groups is 3. The largest absolute Gasteiger partial charge is 0.507 e. The van der Waals surface area contributed by atoms with Crippen LogP contribution in [0.3, 0.4) is 0 Å². The molecule has 0 radical (unpaired) electrons. The molecule has 9 heteroatoms. The summed E-state index contributed by atoms with van der Waals surface area (Å²) >= 11 is 4.34. The summed E-state index contributed by atoms with van der Waals surface area (Å²) < 4.78 is 5.37. The molecule has 0 saturated heterocycles. The van der Waals surface area contributed by atoms with Crippen molar-refractivity contribution in [3.05, 3.63) is 59.2 Å². The third kappa shape index (κ3) is 9.77. The molecule has 0 spiro atoms. The van der Waals surface area contributed by atoms with Gasteiger partial charge in [0.15, 0.2) is 0 Å². The molecule has 0 aliphatic rings. The summed E-state index contributed by atoms with van der Waals surface area (Å²) in [5.41, 5.74) is 1.61. The Bertz CT molecular complexity index is 1150. The monoisotopic (exact) mass is 571 g/mol. The van der Waals surface area contributed by atoms with Gasteiger partial charge in [-0.05, 0) is 58.2 Å². The Morgan fingerprint density at radius 3 is 2.25 bits per heavy atom. The molecule has 2 unspecified atom stereocenters. The first-order valence-corrected chi connectivity index (χ1v) is 14.6. The van der Waals surface area contributed by atoms with Gasteiger partial charge in [0.1, 0.15) is 23.4 Å². The second-order valence-corrected chi connectivity index (χ2v) is 11.4. The maximum Gasteiger partial charge on any atom is 0.408 e. The van der Waals surface area contributed by atoms with E-state index in [0.717, 1.165) is 31.2 Å². The van der Waals surface area contributed by atoms with Crippen LogP contribution in [0.1, 0.15) is 82.5 Å². The quantitative estimate of drug-likeness (QED) is 0.166. The van der Waals surface area contributed by atoms with Crippen LogP contribution in [0.5, 0.6) is 5.75 Å². The molecule has 2 atom stereocenters. The molecule has 0 saturated carbocycles. The number of amides is 3. The van der Waals surface area contributed by atoms with Crippen molar-refractivity contribution in [2.24, 2.45) is 0 Å². The number of phenolic OH excluding ortho intramolecular Hbond substituents is 1. The van der Waals surface area contributed by atoms with Gasteiger partial charge < -0.3 is 25.4 Å². The molecular formula is C31H45N3O5S. The van der Waals surface area contributed by atoms with Crippen molar-refractivity contribution in [2.45, 2.75) is 91.3 Å². The number of aromatic hydroxyl groups is 1. The van der Waals surface area contributed by atoms with Crippen LogP contribution in [0, 0.1) is 13.8 Å². The highest BCUT2D eigenvalue weighted by atomic mass is 32.1. The number of phenols is 1. The molecule has 0 aromatic heterocycles. The standard InChI is InChI=1S/C31H45N3O5S/c1-7-8-9-10-13-19-34(29(37)25(20-40)33-30(38)39-31(4,5)6)26(23-17-14-16-22(3)27(23)35)28(36)32-24-18-12-11-15-21(24)2/h11-12,14-18,25-26,35,40H,7-10,13,19-20H2,1-6H3,(H,32,36)(H,33,38). The van der Waals surface area contributed by atoms with Gasteiger partial charge in [-0.1, -0.05) is 69.0 Å². The van der Waals surface area contributed by atoms with Crippen molar-refractivity contribution < 1.29 is 24.2 Å². The molecule has 8 nitrogen and oxygen atoms in total. The fourth-order valence-corrected chi connectivity index (χ4v) is 4.60. The highest BCUT2D eigenvalue weighted by Gasteiger charge is 2.37. The van der Waals surface area contributed by atoms with Crippen LogP contribution in [0.25, 0.3) is 0 Å². The van der Waals surface area contributed by atoms with Crippen LogP contribution in [0.15, 0.2) is 42.5 Å². The van der Waals surface area contributed by atoms with E-state index in [9.17, 15) is 19.5 Å². The van der Waals surface area contributed by atoms with E-state index in [-0.39, 0.29) is 18.0 Å². The Kier molecular flexibility index (Phi) is 12.8. The van der Waals surface area contributed by atoms with Gasteiger partial charge in [0.2, 0.25) is 5.91 Å². The number of alkyl carbamates (subject to hydrolysis) is 1. The van der Waals surface area contributed by atoms with Gasteiger partial charge in [-0.25, -0.2) is 4.79 Å². The number of ether oxygens (including phenoxy) is 1. The summed E-state index contributed by atoms with van der Waals surface area (Å²) in [5, 5.41) is 16.6. The molecule has 220 valence electrons. The maximum atomic E-state index is 14.1. The van der Waals surface area contributed by atoms with Crippen molar-refractivity contribution in [1.29, 1.82) is 0 Å². The number of para-hydroxylation sites is 2. The normalized spacial score (nSPS) is 12.8. The fourth-order valence-electron chi connectivity index (χ4n) is 4.35. The molecule has 0 bridgehead atoms. The third-order valence-electron chi connectivity index (χ3n) is 6.48. The first-order chi connectivity index (χ1) is 18.9. The summed E-state index contributed by atoms with van der Waals surface area (Å²) in [6, 6.07) is 10.3. The van der Waals surface area contributed by atoms with Gasteiger partial charge in [0.05, 0.1) is 0 Å². The summed E-state index contributed by atoms with van der Waals surface area (Å²) in [5.74, 6) is -1.01. The summed E-state index contributed by atoms with van der Waals surface area (Å²) in [7, 11) is 0. The number of hydrogen-bond donors (Lipinski definition) is 4. The number of benzene rings is 2. The Morgan fingerprint density at radius 2 is 1.62 bits per heavy atom. The SMILES string of the molecule is CCCCCCCN(C(=O)C(CS)NC(=O)OC(C)(C)C)C(C(=O)Nc1ccccc1C)c1cccc(C)c1O. The van der Waals surface area contributed by atoms with Crippen LogP contribution >= 0.6 is 12.6 Å². The topological polar surface area (TPSA) is 108 Å².